The highest BCUT2D eigenvalue weighted by atomic mass is 35.5. The Kier molecular flexibility index (Phi) is 7.77. The fourth-order valence-corrected chi connectivity index (χ4v) is 5.98. The van der Waals surface area contributed by atoms with Crippen LogP contribution in [0.3, 0.4) is 0 Å². The van der Waals surface area contributed by atoms with Gasteiger partial charge in [0.2, 0.25) is 5.95 Å². The molecule has 3 aliphatic carbocycles. The summed E-state index contributed by atoms with van der Waals surface area (Å²) < 4.78 is 49.2. The Morgan fingerprint density at radius 2 is 1.97 bits per heavy atom. The van der Waals surface area contributed by atoms with Gasteiger partial charge in [0, 0.05) is 17.9 Å². The molecule has 9 nitrogen and oxygen atoms in total. The van der Waals surface area contributed by atoms with Crippen LogP contribution in [0.5, 0.6) is 5.75 Å². The highest BCUT2D eigenvalue weighted by Crippen LogP contribution is 2.43. The van der Waals surface area contributed by atoms with Crippen LogP contribution in [0.4, 0.5) is 35.4 Å². The first-order valence-corrected chi connectivity index (χ1v) is 13.2. The molecule has 1 unspecified atom stereocenters. The average Bonchev–Trinajstić information content (AvgIpc) is 3.41. The second kappa shape index (κ2) is 11.1. The van der Waals surface area contributed by atoms with Gasteiger partial charge in [-0.2, -0.15) is 18.2 Å². The van der Waals surface area contributed by atoms with Crippen LogP contribution in [0.2, 0.25) is 5.02 Å². The van der Waals surface area contributed by atoms with Gasteiger partial charge in [0.05, 0.1) is 31.6 Å². The van der Waals surface area contributed by atoms with Crippen molar-refractivity contribution >= 4 is 35.1 Å². The third-order valence-corrected chi connectivity index (χ3v) is 7.87. The smallest absolute Gasteiger partial charge is 0.404 e. The lowest BCUT2D eigenvalue weighted by Gasteiger charge is -2.28. The van der Waals surface area contributed by atoms with Crippen molar-refractivity contribution in [2.45, 2.75) is 56.5 Å². The summed E-state index contributed by atoms with van der Waals surface area (Å²) in [6, 6.07) is 3.32. The second-order valence-electron chi connectivity index (χ2n) is 10.1. The van der Waals surface area contributed by atoms with Crippen LogP contribution in [0.1, 0.15) is 30.4 Å². The molecular weight excluding hydrogens is 537 g/mol. The van der Waals surface area contributed by atoms with Gasteiger partial charge in [-0.3, -0.25) is 0 Å². The van der Waals surface area contributed by atoms with E-state index >= 15 is 0 Å². The second-order valence-corrected chi connectivity index (χ2v) is 10.5. The van der Waals surface area contributed by atoms with Crippen molar-refractivity contribution in [2.75, 3.05) is 24.3 Å². The van der Waals surface area contributed by atoms with Gasteiger partial charge in [0.25, 0.3) is 0 Å². The summed E-state index contributed by atoms with van der Waals surface area (Å²) in [6.07, 6.45) is 3.28. The van der Waals surface area contributed by atoms with Gasteiger partial charge in [-0.15, -0.1) is 0 Å². The maximum Gasteiger partial charge on any atom is 0.404 e. The minimum Gasteiger partial charge on any atom is -0.494 e. The zero-order chi connectivity index (χ0) is 27.7. The molecule has 3 aliphatic rings. The lowest BCUT2D eigenvalue weighted by Crippen LogP contribution is -2.41. The summed E-state index contributed by atoms with van der Waals surface area (Å²) in [5.41, 5.74) is 7.91. The number of benzene rings is 1. The number of methoxy groups -OCH3 is 1. The van der Waals surface area contributed by atoms with Crippen molar-refractivity contribution in [3.05, 3.63) is 46.6 Å². The van der Waals surface area contributed by atoms with Crippen LogP contribution in [0.15, 0.2) is 30.5 Å². The van der Waals surface area contributed by atoms with E-state index in [4.69, 9.17) is 26.8 Å². The van der Waals surface area contributed by atoms with Gasteiger partial charge < -0.3 is 31.2 Å². The molecule has 13 heteroatoms. The molecule has 5 atom stereocenters. The number of hydrogen-bond acceptors (Lipinski definition) is 8. The minimum absolute atomic E-state index is 0.0744. The van der Waals surface area contributed by atoms with Crippen molar-refractivity contribution < 1.29 is 27.4 Å². The maximum atomic E-state index is 12.7. The molecule has 5 N–H and O–H groups in total. The number of alkyl halides is 3. The predicted octanol–water partition coefficient (Wildman–Crippen LogP) is 4.73. The van der Waals surface area contributed by atoms with Gasteiger partial charge in [-0.05, 0) is 49.3 Å². The molecule has 0 spiro atoms. The number of rotatable bonds is 8. The molecular formula is C26H30ClF3N6O3. The monoisotopic (exact) mass is 566 g/mol. The van der Waals surface area contributed by atoms with Crippen LogP contribution >= 0.6 is 11.6 Å². The van der Waals surface area contributed by atoms with E-state index in [1.54, 1.807) is 7.11 Å². The van der Waals surface area contributed by atoms with Crippen molar-refractivity contribution in [1.82, 2.24) is 15.3 Å². The molecule has 1 heterocycles. The molecule has 5 rings (SSSR count). The number of nitrogens with one attached hydrogen (secondary N) is 3. The van der Waals surface area contributed by atoms with E-state index in [-0.39, 0.29) is 29.9 Å². The van der Waals surface area contributed by atoms with Gasteiger partial charge in [-0.1, -0.05) is 29.8 Å². The number of halogens is 4. The summed E-state index contributed by atoms with van der Waals surface area (Å²) in [5.74, 6) is 1.46. The fourth-order valence-electron chi connectivity index (χ4n) is 5.83. The molecule has 0 aliphatic heterocycles. The zero-order valence-electron chi connectivity index (χ0n) is 21.2. The lowest BCUT2D eigenvalue weighted by molar-refractivity contribution is -0.126. The van der Waals surface area contributed by atoms with Gasteiger partial charge in [0.1, 0.15) is 16.9 Å². The van der Waals surface area contributed by atoms with Gasteiger partial charge in [-0.25, -0.2) is 9.78 Å². The molecule has 1 saturated carbocycles. The van der Waals surface area contributed by atoms with Gasteiger partial charge in [0.15, 0.2) is 5.82 Å². The molecule has 1 aromatic heterocycles. The molecule has 1 aromatic carbocycles. The minimum atomic E-state index is -4.25. The number of carbonyl (C=O) groups excluding carboxylic acids is 1. The number of anilines is 3. The number of carbonyl (C=O) groups is 1. The van der Waals surface area contributed by atoms with Crippen LogP contribution in [0, 0.1) is 11.8 Å². The first-order chi connectivity index (χ1) is 18.6. The van der Waals surface area contributed by atoms with E-state index in [9.17, 15) is 18.0 Å². The van der Waals surface area contributed by atoms with Crippen LogP contribution in [-0.4, -0.2) is 54.1 Å². The zero-order valence-corrected chi connectivity index (χ0v) is 22.0. The summed E-state index contributed by atoms with van der Waals surface area (Å²) in [6.45, 7) is -1.00. The van der Waals surface area contributed by atoms with E-state index < -0.39 is 24.9 Å². The summed E-state index contributed by atoms with van der Waals surface area (Å²) in [5, 5.41) is 9.44. The van der Waals surface area contributed by atoms with E-state index in [1.165, 1.54) is 6.20 Å². The summed E-state index contributed by atoms with van der Waals surface area (Å²) in [4.78, 5) is 20.3. The van der Waals surface area contributed by atoms with E-state index in [0.717, 1.165) is 17.5 Å². The lowest BCUT2D eigenvalue weighted by atomic mass is 9.98. The Morgan fingerprint density at radius 1 is 1.21 bits per heavy atom. The molecule has 1 amide bonds. The topological polar surface area (TPSA) is 123 Å². The molecule has 210 valence electrons. The van der Waals surface area contributed by atoms with E-state index in [1.807, 2.05) is 18.2 Å². The van der Waals surface area contributed by atoms with Crippen LogP contribution in [0.25, 0.3) is 0 Å². The quantitative estimate of drug-likeness (QED) is 0.267. The molecule has 39 heavy (non-hydrogen) atoms. The maximum absolute atomic E-state index is 12.7. The normalized spacial score (nSPS) is 25.6. The number of nitrogens with two attached hydrogens (primary N) is 1. The number of hydrogen-bond donors (Lipinski definition) is 4. The Labute approximate surface area is 228 Å². The fraction of sp³-hybridized carbons (Fsp3) is 0.500. The predicted molar refractivity (Wildman–Crippen MR) is 140 cm³/mol. The SMILES string of the molecule is COc1c(Nc2ncc(Cl)c(N[C@H]3[C@@H](OC(N)=O)[C@@H]4C=C[C@H]3C4)n2)ccc2c1CCC(NCC(F)(F)F)CC2. The number of nitrogens with zero attached hydrogens (tertiary/aromatic N) is 2. The van der Waals surface area contributed by atoms with Crippen molar-refractivity contribution in [3.8, 4) is 5.75 Å². The van der Waals surface area contributed by atoms with E-state index in [0.29, 0.717) is 48.0 Å². The summed E-state index contributed by atoms with van der Waals surface area (Å²) >= 11 is 6.41. The Hall–Kier alpha value is -3.25. The molecule has 0 saturated heterocycles. The molecule has 2 aromatic rings. The number of ether oxygens (including phenoxy) is 2. The summed E-state index contributed by atoms with van der Waals surface area (Å²) in [7, 11) is 1.56. The Bertz CT molecular complexity index is 1260. The number of aromatic nitrogens is 2. The number of primary amides is 1. The largest absolute Gasteiger partial charge is 0.494 e. The number of fused-ring (bicyclic) bond motifs is 3. The highest BCUT2D eigenvalue weighted by Gasteiger charge is 2.47. The molecule has 0 radical (unpaired) electrons. The first kappa shape index (κ1) is 27.3. The van der Waals surface area contributed by atoms with Crippen molar-refractivity contribution in [2.24, 2.45) is 17.6 Å². The third-order valence-electron chi connectivity index (χ3n) is 7.59. The molecule has 1 fully saturated rings. The molecule has 2 bridgehead atoms. The van der Waals surface area contributed by atoms with Crippen molar-refractivity contribution in [3.63, 3.8) is 0 Å². The van der Waals surface area contributed by atoms with Crippen LogP contribution in [-0.2, 0) is 17.6 Å². The Balaban J connectivity index is 1.32. The Morgan fingerprint density at radius 3 is 2.72 bits per heavy atom. The third kappa shape index (κ3) is 6.17. The van der Waals surface area contributed by atoms with E-state index in [2.05, 4.69) is 32.0 Å². The number of aryl methyl sites for hydroxylation is 1. The first-order valence-electron chi connectivity index (χ1n) is 12.8. The number of amides is 1. The highest BCUT2D eigenvalue weighted by molar-refractivity contribution is 6.32. The standard InChI is InChI=1S/C26H30ClF3N6O3/c1-38-22-17-8-7-16(33-12-26(28,29)30)6-4-13(17)5-9-19(22)34-25-32-11-18(27)23(36-25)35-20-14-2-3-15(10-14)21(20)39-24(31)37/h2-3,5,9,11,14-16,20-21,33H,4,6-8,10,12H2,1H3,(H2,31,37)(H2,32,34,35,36)/t14-,15+,16?,20+,21-/m0/s1. The van der Waals surface area contributed by atoms with Crippen LogP contribution < -0.4 is 26.4 Å². The van der Waals surface area contributed by atoms with Crippen molar-refractivity contribution in [1.29, 1.82) is 0 Å². The van der Waals surface area contributed by atoms with Gasteiger partial charge >= 0.3 is 12.3 Å². The average molecular weight is 567 g/mol.